The van der Waals surface area contributed by atoms with E-state index in [1.54, 1.807) is 17.2 Å². The molecule has 2 amide bonds. The first-order valence-electron chi connectivity index (χ1n) is 9.29. The number of amides is 2. The summed E-state index contributed by atoms with van der Waals surface area (Å²) in [6, 6.07) is 11.0. The smallest absolute Gasteiger partial charge is 0.322 e. The van der Waals surface area contributed by atoms with Crippen molar-refractivity contribution >= 4 is 30.8 Å². The van der Waals surface area contributed by atoms with Crippen molar-refractivity contribution in [2.45, 2.75) is 32.6 Å². The van der Waals surface area contributed by atoms with Gasteiger partial charge in [0.05, 0.1) is 8.07 Å². The van der Waals surface area contributed by atoms with E-state index in [0.29, 0.717) is 25.5 Å². The molecule has 2 aromatic rings. The molecule has 144 valence electrons. The van der Waals surface area contributed by atoms with Crippen LogP contribution >= 0.6 is 0 Å². The zero-order valence-electron chi connectivity index (χ0n) is 16.4. The van der Waals surface area contributed by atoms with Gasteiger partial charge in [-0.2, -0.15) is 0 Å². The van der Waals surface area contributed by atoms with Crippen molar-refractivity contribution in [1.82, 2.24) is 9.88 Å². The lowest BCUT2D eigenvalue weighted by Gasteiger charge is -2.40. The number of urea groups is 1. The Hall–Kier alpha value is -2.41. The van der Waals surface area contributed by atoms with E-state index in [4.69, 9.17) is 0 Å². The van der Waals surface area contributed by atoms with Crippen molar-refractivity contribution in [2.75, 3.05) is 29.9 Å². The molecular formula is C20H27FN4OSi. The third-order valence-electron chi connectivity index (χ3n) is 4.93. The molecule has 0 radical (unpaired) electrons. The lowest BCUT2D eigenvalue weighted by molar-refractivity contribution is 0.184. The van der Waals surface area contributed by atoms with Crippen LogP contribution in [0.5, 0.6) is 0 Å². The number of rotatable bonds is 3. The van der Waals surface area contributed by atoms with E-state index in [2.05, 4.69) is 42.1 Å². The van der Waals surface area contributed by atoms with Gasteiger partial charge in [0.25, 0.3) is 0 Å². The molecule has 1 aliphatic rings. The maximum absolute atomic E-state index is 14.0. The Kier molecular flexibility index (Phi) is 5.50. The van der Waals surface area contributed by atoms with Gasteiger partial charge in [-0.3, -0.25) is 0 Å². The number of piperazine rings is 1. The van der Waals surface area contributed by atoms with Crippen LogP contribution in [0.15, 0.2) is 42.6 Å². The molecule has 0 bridgehead atoms. The van der Waals surface area contributed by atoms with Crippen molar-refractivity contribution in [3.63, 3.8) is 0 Å². The number of aromatic nitrogens is 1. The van der Waals surface area contributed by atoms with Crippen LogP contribution in [0.3, 0.4) is 0 Å². The molecule has 0 spiro atoms. The molecule has 1 N–H and O–H groups in total. The third-order valence-corrected chi connectivity index (χ3v) is 6.99. The highest BCUT2D eigenvalue weighted by Crippen LogP contribution is 2.20. The van der Waals surface area contributed by atoms with Gasteiger partial charge in [-0.15, -0.1) is 0 Å². The molecule has 1 atom stereocenters. The molecule has 1 unspecified atom stereocenters. The van der Waals surface area contributed by atoms with Gasteiger partial charge in [0.2, 0.25) is 0 Å². The van der Waals surface area contributed by atoms with E-state index in [1.165, 1.54) is 11.3 Å². The van der Waals surface area contributed by atoms with Crippen LogP contribution in [0.1, 0.15) is 6.92 Å². The van der Waals surface area contributed by atoms with E-state index in [9.17, 15) is 9.18 Å². The predicted molar refractivity (Wildman–Crippen MR) is 111 cm³/mol. The Morgan fingerprint density at radius 3 is 2.48 bits per heavy atom. The normalized spacial score (nSPS) is 17.7. The number of anilines is 2. The fraction of sp³-hybridized carbons (Fsp3) is 0.400. The summed E-state index contributed by atoms with van der Waals surface area (Å²) in [5.41, 5.74) is 0.799. The highest BCUT2D eigenvalue weighted by Gasteiger charge is 2.29. The number of carbonyl (C=O) groups excluding carboxylic acids is 1. The second kappa shape index (κ2) is 7.68. The monoisotopic (exact) mass is 386 g/mol. The first kappa shape index (κ1) is 19.4. The zero-order chi connectivity index (χ0) is 19.6. The SMILES string of the molecule is CC1CN(c2ncccc2F)CCN1C(=O)Nc1ccc([Si](C)(C)C)cc1. The van der Waals surface area contributed by atoms with Gasteiger partial charge in [-0.1, -0.05) is 37.0 Å². The molecule has 1 aliphatic heterocycles. The lowest BCUT2D eigenvalue weighted by atomic mass is 10.2. The van der Waals surface area contributed by atoms with E-state index < -0.39 is 8.07 Å². The molecule has 5 nitrogen and oxygen atoms in total. The van der Waals surface area contributed by atoms with Gasteiger partial charge < -0.3 is 15.1 Å². The van der Waals surface area contributed by atoms with Crippen molar-refractivity contribution in [3.05, 3.63) is 48.4 Å². The van der Waals surface area contributed by atoms with Crippen molar-refractivity contribution in [3.8, 4) is 0 Å². The van der Waals surface area contributed by atoms with Gasteiger partial charge >= 0.3 is 6.03 Å². The molecule has 27 heavy (non-hydrogen) atoms. The fourth-order valence-electron chi connectivity index (χ4n) is 3.31. The maximum Gasteiger partial charge on any atom is 0.322 e. The summed E-state index contributed by atoms with van der Waals surface area (Å²) in [5, 5.41) is 4.34. The van der Waals surface area contributed by atoms with Crippen LogP contribution in [-0.4, -0.2) is 49.7 Å². The second-order valence-electron chi connectivity index (χ2n) is 8.05. The van der Waals surface area contributed by atoms with Crippen molar-refractivity contribution in [2.24, 2.45) is 0 Å². The standard InChI is InChI=1S/C20H27FN4OSi/c1-15-14-24(19-18(21)6-5-11-22-19)12-13-25(15)20(26)23-16-7-9-17(10-8-16)27(2,3)4/h5-11,15H,12-14H2,1-4H3,(H,23,26). The van der Waals surface area contributed by atoms with E-state index in [-0.39, 0.29) is 17.9 Å². The zero-order valence-corrected chi connectivity index (χ0v) is 17.4. The quantitative estimate of drug-likeness (QED) is 0.822. The number of nitrogens with one attached hydrogen (secondary N) is 1. The van der Waals surface area contributed by atoms with Crippen molar-refractivity contribution in [1.29, 1.82) is 0 Å². The van der Waals surface area contributed by atoms with Gasteiger partial charge in [0.1, 0.15) is 0 Å². The molecule has 1 aromatic heterocycles. The molecular weight excluding hydrogens is 359 g/mol. The largest absolute Gasteiger partial charge is 0.350 e. The maximum atomic E-state index is 14.0. The molecule has 1 aromatic carbocycles. The van der Waals surface area contributed by atoms with Gasteiger partial charge in [-0.25, -0.2) is 14.2 Å². The average molecular weight is 387 g/mol. The van der Waals surface area contributed by atoms with Gasteiger partial charge in [0.15, 0.2) is 11.6 Å². The average Bonchev–Trinajstić information content (AvgIpc) is 2.61. The number of nitrogens with zero attached hydrogens (tertiary/aromatic N) is 3. The Morgan fingerprint density at radius 1 is 1.19 bits per heavy atom. The topological polar surface area (TPSA) is 48.5 Å². The van der Waals surface area contributed by atoms with Gasteiger partial charge in [0, 0.05) is 37.6 Å². The molecule has 1 saturated heterocycles. The first-order valence-corrected chi connectivity index (χ1v) is 12.8. The second-order valence-corrected chi connectivity index (χ2v) is 13.1. The van der Waals surface area contributed by atoms with Crippen LogP contribution in [0.4, 0.5) is 20.7 Å². The van der Waals surface area contributed by atoms with Crippen LogP contribution in [0.2, 0.25) is 19.6 Å². The summed E-state index contributed by atoms with van der Waals surface area (Å²) in [7, 11) is -1.35. The highest BCUT2D eigenvalue weighted by atomic mass is 28.3. The van der Waals surface area contributed by atoms with Gasteiger partial charge in [-0.05, 0) is 31.2 Å². The minimum atomic E-state index is -1.35. The Balaban J connectivity index is 1.62. The molecule has 3 rings (SSSR count). The fourth-order valence-corrected chi connectivity index (χ4v) is 4.48. The summed E-state index contributed by atoms with van der Waals surface area (Å²) < 4.78 is 14.0. The van der Waals surface area contributed by atoms with Crippen LogP contribution < -0.4 is 15.4 Å². The molecule has 7 heteroatoms. The summed E-state index contributed by atoms with van der Waals surface area (Å²) in [6.45, 7) is 10.5. The number of hydrogen-bond acceptors (Lipinski definition) is 3. The Morgan fingerprint density at radius 2 is 1.89 bits per heavy atom. The molecule has 0 aliphatic carbocycles. The van der Waals surface area contributed by atoms with E-state index in [1.807, 2.05) is 24.0 Å². The number of hydrogen-bond donors (Lipinski definition) is 1. The Labute approximate surface area is 161 Å². The molecule has 0 saturated carbocycles. The number of benzene rings is 1. The predicted octanol–water partition coefficient (Wildman–Crippen LogP) is 3.51. The number of carbonyl (C=O) groups is 1. The number of pyridine rings is 1. The summed E-state index contributed by atoms with van der Waals surface area (Å²) >= 11 is 0. The minimum Gasteiger partial charge on any atom is -0.350 e. The van der Waals surface area contributed by atoms with Crippen molar-refractivity contribution < 1.29 is 9.18 Å². The molecule has 1 fully saturated rings. The van der Waals surface area contributed by atoms with Crippen LogP contribution in [0, 0.1) is 5.82 Å². The molecule has 2 heterocycles. The highest BCUT2D eigenvalue weighted by molar-refractivity contribution is 6.88. The van der Waals surface area contributed by atoms with E-state index >= 15 is 0 Å². The Bertz CT molecular complexity index is 806. The lowest BCUT2D eigenvalue weighted by Crippen LogP contribution is -2.55. The first-order chi connectivity index (χ1) is 12.8. The summed E-state index contributed by atoms with van der Waals surface area (Å²) in [6.07, 6.45) is 1.59. The van der Waals surface area contributed by atoms with Crippen LogP contribution in [0.25, 0.3) is 0 Å². The van der Waals surface area contributed by atoms with Crippen LogP contribution in [-0.2, 0) is 0 Å². The number of halogens is 1. The summed E-state index contributed by atoms with van der Waals surface area (Å²) in [4.78, 5) is 20.5. The minimum absolute atomic E-state index is 0.0404. The third kappa shape index (κ3) is 4.47. The van der Waals surface area contributed by atoms with E-state index in [0.717, 1.165) is 5.69 Å². The summed E-state index contributed by atoms with van der Waals surface area (Å²) in [5.74, 6) is 0.0245.